The molecule has 0 aliphatic carbocycles. The van der Waals surface area contributed by atoms with Gasteiger partial charge in [0, 0.05) is 35.9 Å². The first kappa shape index (κ1) is 20.3. The van der Waals surface area contributed by atoms with Gasteiger partial charge in [-0.2, -0.15) is 0 Å². The molecule has 0 spiro atoms. The lowest BCUT2D eigenvalue weighted by molar-refractivity contribution is -0.116. The van der Waals surface area contributed by atoms with Crippen LogP contribution < -0.4 is 15.4 Å². The number of carbonyl (C=O) groups is 2. The van der Waals surface area contributed by atoms with Gasteiger partial charge in [0.05, 0.1) is 18.4 Å². The molecule has 158 valence electrons. The zero-order valence-electron chi connectivity index (χ0n) is 16.5. The van der Waals surface area contributed by atoms with Gasteiger partial charge in [-0.05, 0) is 24.3 Å². The summed E-state index contributed by atoms with van der Waals surface area (Å²) in [6.45, 7) is -0.0311. The van der Waals surface area contributed by atoms with Gasteiger partial charge < -0.3 is 19.8 Å². The van der Waals surface area contributed by atoms with Crippen LogP contribution in [0.2, 0.25) is 0 Å². The van der Waals surface area contributed by atoms with Crippen molar-refractivity contribution in [1.29, 1.82) is 0 Å². The molecule has 1 heterocycles. The molecule has 0 aliphatic rings. The number of ether oxygens (including phenoxy) is 1. The third-order valence-corrected chi connectivity index (χ3v) is 4.79. The Labute approximate surface area is 175 Å². The normalized spacial score (nSPS) is 10.9. The van der Waals surface area contributed by atoms with E-state index in [0.29, 0.717) is 23.1 Å². The van der Waals surface area contributed by atoms with Crippen LogP contribution in [0.4, 0.5) is 14.5 Å². The van der Waals surface area contributed by atoms with Crippen molar-refractivity contribution in [3.8, 4) is 5.75 Å². The zero-order chi connectivity index (χ0) is 22.0. The number of methoxy groups -OCH3 is 1. The van der Waals surface area contributed by atoms with E-state index in [-0.39, 0.29) is 24.4 Å². The van der Waals surface area contributed by atoms with Crippen LogP contribution in [0.3, 0.4) is 0 Å². The first-order valence-corrected chi connectivity index (χ1v) is 9.48. The highest BCUT2D eigenvalue weighted by Gasteiger charge is 2.15. The maximum atomic E-state index is 13.7. The molecule has 2 N–H and O–H groups in total. The number of rotatable bonds is 6. The van der Waals surface area contributed by atoms with E-state index in [1.165, 1.54) is 7.11 Å². The zero-order valence-corrected chi connectivity index (χ0v) is 16.5. The van der Waals surface area contributed by atoms with Gasteiger partial charge in [0.2, 0.25) is 5.91 Å². The van der Waals surface area contributed by atoms with E-state index in [2.05, 4.69) is 10.6 Å². The van der Waals surface area contributed by atoms with Gasteiger partial charge in [0.25, 0.3) is 5.91 Å². The maximum Gasteiger partial charge on any atom is 0.254 e. The van der Waals surface area contributed by atoms with Crippen molar-refractivity contribution in [3.63, 3.8) is 0 Å². The standard InChI is InChI=1S/C23H18F2N2O4/c1-30-21-11-16-14-4-2-3-5-19(14)31-20(16)12-18(21)27-22(28)8-9-26-23(29)15-7-6-13(24)10-17(15)25/h2-7,10-12H,8-9H2,1H3,(H,26,29)(H,27,28). The number of benzene rings is 3. The van der Waals surface area contributed by atoms with Crippen LogP contribution in [0.15, 0.2) is 59.0 Å². The molecule has 3 aromatic carbocycles. The van der Waals surface area contributed by atoms with Crippen molar-refractivity contribution in [2.24, 2.45) is 0 Å². The molecule has 0 atom stereocenters. The van der Waals surface area contributed by atoms with E-state index >= 15 is 0 Å². The third-order valence-electron chi connectivity index (χ3n) is 4.79. The molecule has 4 aromatic rings. The Kier molecular flexibility index (Phi) is 5.53. The van der Waals surface area contributed by atoms with E-state index < -0.39 is 17.5 Å². The average Bonchev–Trinajstić information content (AvgIpc) is 3.10. The fraction of sp³-hybridized carbons (Fsp3) is 0.130. The molecule has 31 heavy (non-hydrogen) atoms. The van der Waals surface area contributed by atoms with Crippen molar-refractivity contribution < 1.29 is 27.5 Å². The second-order valence-corrected chi connectivity index (χ2v) is 6.83. The average molecular weight is 424 g/mol. The SMILES string of the molecule is COc1cc2c(cc1NC(=O)CCNC(=O)c1ccc(F)cc1F)oc1ccccc12. The molecule has 2 amide bonds. The minimum absolute atomic E-state index is 0.0311. The molecule has 0 saturated heterocycles. The molecule has 0 aliphatic heterocycles. The monoisotopic (exact) mass is 424 g/mol. The lowest BCUT2D eigenvalue weighted by atomic mass is 10.1. The Bertz CT molecular complexity index is 1300. The van der Waals surface area contributed by atoms with Gasteiger partial charge in [0.1, 0.15) is 28.5 Å². The van der Waals surface area contributed by atoms with Crippen molar-refractivity contribution in [3.05, 3.63) is 71.8 Å². The van der Waals surface area contributed by atoms with Gasteiger partial charge in [-0.3, -0.25) is 9.59 Å². The predicted octanol–water partition coefficient (Wildman–Crippen LogP) is 4.63. The third kappa shape index (κ3) is 4.18. The number of halogens is 2. The summed E-state index contributed by atoms with van der Waals surface area (Å²) >= 11 is 0. The summed E-state index contributed by atoms with van der Waals surface area (Å²) in [5.41, 5.74) is 1.45. The quantitative estimate of drug-likeness (QED) is 0.473. The fourth-order valence-corrected chi connectivity index (χ4v) is 3.29. The topological polar surface area (TPSA) is 80.6 Å². The van der Waals surface area contributed by atoms with Gasteiger partial charge in [-0.1, -0.05) is 18.2 Å². The summed E-state index contributed by atoms with van der Waals surface area (Å²) in [7, 11) is 1.50. The number of nitrogens with one attached hydrogen (secondary N) is 2. The molecule has 1 aromatic heterocycles. The van der Waals surface area contributed by atoms with Gasteiger partial charge in [-0.25, -0.2) is 8.78 Å². The second-order valence-electron chi connectivity index (χ2n) is 6.83. The molecular formula is C23H18F2N2O4. The van der Waals surface area contributed by atoms with E-state index in [0.717, 1.165) is 28.5 Å². The largest absolute Gasteiger partial charge is 0.495 e. The van der Waals surface area contributed by atoms with E-state index in [9.17, 15) is 18.4 Å². The highest BCUT2D eigenvalue weighted by atomic mass is 19.1. The van der Waals surface area contributed by atoms with Crippen molar-refractivity contribution >= 4 is 39.4 Å². The van der Waals surface area contributed by atoms with E-state index in [1.807, 2.05) is 24.3 Å². The van der Waals surface area contributed by atoms with Crippen molar-refractivity contribution in [2.75, 3.05) is 19.0 Å². The Morgan fingerprint density at radius 2 is 1.81 bits per heavy atom. The number of para-hydroxylation sites is 1. The summed E-state index contributed by atoms with van der Waals surface area (Å²) < 4.78 is 37.8. The molecule has 0 radical (unpaired) electrons. The summed E-state index contributed by atoms with van der Waals surface area (Å²) in [4.78, 5) is 24.4. The second kappa shape index (κ2) is 8.43. The van der Waals surface area contributed by atoms with Crippen LogP contribution in [0.5, 0.6) is 5.75 Å². The number of fused-ring (bicyclic) bond motifs is 3. The van der Waals surface area contributed by atoms with E-state index in [1.54, 1.807) is 12.1 Å². The van der Waals surface area contributed by atoms with Crippen LogP contribution in [0.25, 0.3) is 21.9 Å². The number of carbonyl (C=O) groups excluding carboxylic acids is 2. The van der Waals surface area contributed by atoms with Crippen LogP contribution in [-0.2, 0) is 4.79 Å². The highest BCUT2D eigenvalue weighted by Crippen LogP contribution is 2.36. The van der Waals surface area contributed by atoms with E-state index in [4.69, 9.17) is 9.15 Å². The Morgan fingerprint density at radius 3 is 2.58 bits per heavy atom. The summed E-state index contributed by atoms with van der Waals surface area (Å²) in [6, 6.07) is 13.7. The number of hydrogen-bond acceptors (Lipinski definition) is 4. The molecular weight excluding hydrogens is 406 g/mol. The molecule has 0 saturated carbocycles. The minimum Gasteiger partial charge on any atom is -0.495 e. The first-order valence-electron chi connectivity index (χ1n) is 9.48. The molecule has 0 bridgehead atoms. The smallest absolute Gasteiger partial charge is 0.254 e. The van der Waals surface area contributed by atoms with Gasteiger partial charge >= 0.3 is 0 Å². The van der Waals surface area contributed by atoms with Crippen molar-refractivity contribution in [2.45, 2.75) is 6.42 Å². The van der Waals surface area contributed by atoms with Gasteiger partial charge in [0.15, 0.2) is 0 Å². The Hall–Kier alpha value is -3.94. The molecule has 0 unspecified atom stereocenters. The fourth-order valence-electron chi connectivity index (χ4n) is 3.29. The molecule has 6 nitrogen and oxygen atoms in total. The molecule has 4 rings (SSSR count). The first-order chi connectivity index (χ1) is 15.0. The predicted molar refractivity (Wildman–Crippen MR) is 112 cm³/mol. The summed E-state index contributed by atoms with van der Waals surface area (Å²) in [5.74, 6) is -2.39. The lowest BCUT2D eigenvalue weighted by Crippen LogP contribution is -2.28. The number of amides is 2. The lowest BCUT2D eigenvalue weighted by Gasteiger charge is -2.11. The maximum absolute atomic E-state index is 13.7. The Balaban J connectivity index is 1.43. The highest BCUT2D eigenvalue weighted by molar-refractivity contribution is 6.07. The van der Waals surface area contributed by atoms with Gasteiger partial charge in [-0.15, -0.1) is 0 Å². The molecule has 0 fully saturated rings. The number of anilines is 1. The van der Waals surface area contributed by atoms with Crippen LogP contribution in [0.1, 0.15) is 16.8 Å². The minimum atomic E-state index is -0.967. The number of hydrogen-bond donors (Lipinski definition) is 2. The van der Waals surface area contributed by atoms with Crippen LogP contribution >= 0.6 is 0 Å². The summed E-state index contributed by atoms with van der Waals surface area (Å²) in [5, 5.41) is 6.97. The van der Waals surface area contributed by atoms with Crippen LogP contribution in [-0.4, -0.2) is 25.5 Å². The number of furan rings is 1. The van der Waals surface area contributed by atoms with Crippen molar-refractivity contribution in [1.82, 2.24) is 5.32 Å². The summed E-state index contributed by atoms with van der Waals surface area (Å²) in [6.07, 6.45) is -0.0596. The molecule has 8 heteroatoms. The Morgan fingerprint density at radius 1 is 1.00 bits per heavy atom. The van der Waals surface area contributed by atoms with Crippen LogP contribution in [0, 0.1) is 11.6 Å².